The zero-order chi connectivity index (χ0) is 21.8. The van der Waals surface area contributed by atoms with Crippen LogP contribution in [0.4, 0.5) is 70.2 Å². The van der Waals surface area contributed by atoms with Crippen molar-refractivity contribution in [3.8, 4) is 0 Å². The summed E-state index contributed by atoms with van der Waals surface area (Å²) in [7, 11) is 0. The largest absolute Gasteiger partial charge is 0.459 e. The second-order valence-corrected chi connectivity index (χ2v) is 5.00. The van der Waals surface area contributed by atoms with Gasteiger partial charge in [0, 0.05) is 0 Å². The van der Waals surface area contributed by atoms with Crippen LogP contribution in [0.5, 0.6) is 0 Å². The molecule has 0 aliphatic carbocycles. The van der Waals surface area contributed by atoms with Crippen molar-refractivity contribution in [1.82, 2.24) is 0 Å². The topological polar surface area (TPSA) is 0 Å². The Balaban J connectivity index is 6.97. The Kier molecular flexibility index (Phi) is 5.94. The molecule has 0 saturated heterocycles. The first-order chi connectivity index (χ1) is 10.9. The fourth-order valence-corrected chi connectivity index (χ4v) is 1.77. The Bertz CT molecular complexity index is 471. The Morgan fingerprint density at radius 1 is 0.500 bits per heavy atom. The van der Waals surface area contributed by atoms with E-state index in [-0.39, 0.29) is 0 Å². The molecule has 26 heavy (non-hydrogen) atoms. The van der Waals surface area contributed by atoms with E-state index in [2.05, 4.69) is 0 Å². The highest BCUT2D eigenvalue weighted by Crippen LogP contribution is 2.68. The van der Waals surface area contributed by atoms with Gasteiger partial charge in [-0.2, -0.15) is 70.2 Å². The molecular formula is C10H5F16. The number of hydrogen-bond acceptors (Lipinski definition) is 0. The van der Waals surface area contributed by atoms with Crippen LogP contribution < -0.4 is 0 Å². The summed E-state index contributed by atoms with van der Waals surface area (Å²) in [6.07, 6.45) is -33.0. The zero-order valence-electron chi connectivity index (χ0n) is 11.8. The van der Waals surface area contributed by atoms with Crippen molar-refractivity contribution in [2.45, 2.75) is 49.9 Å². The SMILES string of the molecule is C[C](CC(C(F)(F)F)(C(F)(F)F)C(F)(F)C(F)(F)C(F)(F)F)C(F)(F)F. The lowest BCUT2D eigenvalue weighted by Gasteiger charge is -2.46. The Morgan fingerprint density at radius 3 is 1.00 bits per heavy atom. The fraction of sp³-hybridized carbons (Fsp3) is 0.900. The first-order valence-corrected chi connectivity index (χ1v) is 5.73. The summed E-state index contributed by atoms with van der Waals surface area (Å²) >= 11 is 0. The standard InChI is InChI=1S/C10H5F16/c1-3(5(11,12)13)2-4(8(18,19)20,9(21,22)23)6(14,15)7(16,17)10(24,25)26/h2H2,1H3. The number of alkyl halides is 16. The average Bonchev–Trinajstić information content (AvgIpc) is 2.28. The molecule has 1 radical (unpaired) electrons. The Hall–Kier alpha value is -1.12. The molecule has 0 rings (SSSR count). The molecule has 0 aliphatic heterocycles. The van der Waals surface area contributed by atoms with Crippen LogP contribution in [0.1, 0.15) is 13.3 Å². The molecule has 0 aliphatic rings. The number of rotatable bonds is 4. The third-order valence-electron chi connectivity index (χ3n) is 3.27. The predicted octanol–water partition coefficient (Wildman–Crippen LogP) is 6.48. The van der Waals surface area contributed by atoms with Gasteiger partial charge in [-0.25, -0.2) is 0 Å². The van der Waals surface area contributed by atoms with E-state index in [1.54, 1.807) is 0 Å². The van der Waals surface area contributed by atoms with E-state index in [0.29, 0.717) is 0 Å². The monoisotopic (exact) mass is 429 g/mol. The maximum Gasteiger partial charge on any atom is 0.459 e. The van der Waals surface area contributed by atoms with Gasteiger partial charge in [0.1, 0.15) is 0 Å². The van der Waals surface area contributed by atoms with E-state index in [9.17, 15) is 70.2 Å². The molecule has 0 spiro atoms. The van der Waals surface area contributed by atoms with Gasteiger partial charge in [0.05, 0.1) is 5.92 Å². The van der Waals surface area contributed by atoms with Gasteiger partial charge in [0.2, 0.25) is 5.41 Å². The molecule has 0 amide bonds. The molecule has 16 heteroatoms. The average molecular weight is 429 g/mol. The van der Waals surface area contributed by atoms with E-state index in [1.807, 2.05) is 0 Å². The van der Waals surface area contributed by atoms with Gasteiger partial charge in [-0.1, -0.05) is 6.92 Å². The second-order valence-electron chi connectivity index (χ2n) is 5.00. The summed E-state index contributed by atoms with van der Waals surface area (Å²) in [4.78, 5) is 0. The molecule has 0 unspecified atom stereocenters. The van der Waals surface area contributed by atoms with E-state index >= 15 is 0 Å². The van der Waals surface area contributed by atoms with Crippen molar-refractivity contribution in [1.29, 1.82) is 0 Å². The van der Waals surface area contributed by atoms with Crippen LogP contribution in [-0.4, -0.2) is 36.6 Å². The molecule has 0 aromatic rings. The summed E-state index contributed by atoms with van der Waals surface area (Å²) < 4.78 is 202. The smallest absolute Gasteiger partial charge is 0.198 e. The molecule has 157 valence electrons. The van der Waals surface area contributed by atoms with Gasteiger partial charge in [-0.05, 0) is 6.42 Å². The summed E-state index contributed by atoms with van der Waals surface area (Å²) in [6, 6.07) is 0. The first kappa shape index (κ1) is 24.9. The van der Waals surface area contributed by atoms with Gasteiger partial charge in [0.25, 0.3) is 0 Å². The van der Waals surface area contributed by atoms with Gasteiger partial charge < -0.3 is 0 Å². The minimum Gasteiger partial charge on any atom is -0.198 e. The van der Waals surface area contributed by atoms with Gasteiger partial charge in [-0.15, -0.1) is 0 Å². The Morgan fingerprint density at radius 2 is 0.808 bits per heavy atom. The van der Waals surface area contributed by atoms with Crippen LogP contribution in [0.15, 0.2) is 0 Å². The highest BCUT2D eigenvalue weighted by Gasteiger charge is 2.92. The molecular weight excluding hydrogens is 424 g/mol. The van der Waals surface area contributed by atoms with Crippen molar-refractivity contribution in [2.75, 3.05) is 0 Å². The second kappa shape index (κ2) is 6.21. The molecule has 0 N–H and O–H groups in total. The van der Waals surface area contributed by atoms with Crippen molar-refractivity contribution in [2.24, 2.45) is 5.41 Å². The molecule has 0 heterocycles. The van der Waals surface area contributed by atoms with Crippen LogP contribution in [-0.2, 0) is 0 Å². The number of halogens is 16. The molecule has 0 saturated carbocycles. The quantitative estimate of drug-likeness (QED) is 0.449. The molecule has 0 nitrogen and oxygen atoms in total. The normalized spacial score (nSPS) is 16.4. The predicted molar refractivity (Wildman–Crippen MR) is 50.1 cm³/mol. The van der Waals surface area contributed by atoms with E-state index in [0.717, 1.165) is 0 Å². The lowest BCUT2D eigenvalue weighted by molar-refractivity contribution is -0.461. The third kappa shape index (κ3) is 3.64. The van der Waals surface area contributed by atoms with Crippen LogP contribution in [0.2, 0.25) is 0 Å². The minimum atomic E-state index is -8.07. The maximum atomic E-state index is 13.5. The number of hydrogen-bond donors (Lipinski definition) is 0. The van der Waals surface area contributed by atoms with Gasteiger partial charge in [-0.3, -0.25) is 0 Å². The summed E-state index contributed by atoms with van der Waals surface area (Å²) in [5, 5.41) is 0. The molecule has 0 aromatic heterocycles. The van der Waals surface area contributed by atoms with Crippen LogP contribution in [0.25, 0.3) is 0 Å². The lowest BCUT2D eigenvalue weighted by Crippen LogP contribution is -2.70. The first-order valence-electron chi connectivity index (χ1n) is 5.73. The highest BCUT2D eigenvalue weighted by atomic mass is 19.4. The van der Waals surface area contributed by atoms with E-state index in [1.165, 1.54) is 0 Å². The Labute approximate surface area is 133 Å². The van der Waals surface area contributed by atoms with Crippen LogP contribution in [0, 0.1) is 11.3 Å². The van der Waals surface area contributed by atoms with Crippen molar-refractivity contribution in [3.63, 3.8) is 0 Å². The summed E-state index contributed by atoms with van der Waals surface area (Å²) in [5.74, 6) is -19.0. The van der Waals surface area contributed by atoms with Gasteiger partial charge >= 0.3 is 36.6 Å². The van der Waals surface area contributed by atoms with E-state index < -0.39 is 61.2 Å². The van der Waals surface area contributed by atoms with E-state index in [4.69, 9.17) is 0 Å². The molecule has 0 aromatic carbocycles. The van der Waals surface area contributed by atoms with Crippen molar-refractivity contribution >= 4 is 0 Å². The third-order valence-corrected chi connectivity index (χ3v) is 3.27. The molecule has 0 bridgehead atoms. The minimum absolute atomic E-state index is 0.589. The highest BCUT2D eigenvalue weighted by molar-refractivity contribution is 5.15. The van der Waals surface area contributed by atoms with Crippen LogP contribution >= 0.6 is 0 Å². The van der Waals surface area contributed by atoms with Crippen LogP contribution in [0.3, 0.4) is 0 Å². The summed E-state index contributed by atoms with van der Waals surface area (Å²) in [6.45, 7) is -0.589. The lowest BCUT2D eigenvalue weighted by atomic mass is 9.70. The van der Waals surface area contributed by atoms with Crippen molar-refractivity contribution in [3.05, 3.63) is 5.92 Å². The van der Waals surface area contributed by atoms with Gasteiger partial charge in [0.15, 0.2) is 0 Å². The molecule has 0 atom stereocenters. The van der Waals surface area contributed by atoms with Crippen molar-refractivity contribution < 1.29 is 70.2 Å². The molecule has 0 fully saturated rings. The fourth-order valence-electron chi connectivity index (χ4n) is 1.77. The zero-order valence-corrected chi connectivity index (χ0v) is 11.8. The maximum absolute atomic E-state index is 13.5. The summed E-state index contributed by atoms with van der Waals surface area (Å²) in [5.41, 5.74) is -7.37.